The summed E-state index contributed by atoms with van der Waals surface area (Å²) in [6.07, 6.45) is 5.97. The minimum absolute atomic E-state index is 0.00104. The molecular weight excluding hydrogens is 242 g/mol. The van der Waals surface area contributed by atoms with Crippen molar-refractivity contribution in [3.8, 4) is 0 Å². The molecule has 1 rings (SSSR count). The number of amides is 2. The first-order chi connectivity index (χ1) is 8.78. The van der Waals surface area contributed by atoms with Gasteiger partial charge in [0.15, 0.2) is 0 Å². The maximum absolute atomic E-state index is 11.9. The summed E-state index contributed by atoms with van der Waals surface area (Å²) in [6, 6.07) is 0.347. The van der Waals surface area contributed by atoms with E-state index in [1.54, 1.807) is 0 Å². The number of carbonyl (C=O) groups excluding carboxylic acids is 2. The van der Waals surface area contributed by atoms with Crippen LogP contribution in [-0.2, 0) is 9.59 Å². The molecule has 0 atom stereocenters. The fourth-order valence-electron chi connectivity index (χ4n) is 2.73. The van der Waals surface area contributed by atoms with Gasteiger partial charge in [0.25, 0.3) is 0 Å². The van der Waals surface area contributed by atoms with Crippen LogP contribution in [0.4, 0.5) is 0 Å². The van der Waals surface area contributed by atoms with E-state index in [4.69, 9.17) is 11.5 Å². The highest BCUT2D eigenvalue weighted by Crippen LogP contribution is 2.26. The van der Waals surface area contributed by atoms with Gasteiger partial charge in [-0.25, -0.2) is 0 Å². The fourth-order valence-corrected chi connectivity index (χ4v) is 2.73. The Kier molecular flexibility index (Phi) is 5.79. The number of rotatable bonds is 6. The van der Waals surface area contributed by atoms with E-state index < -0.39 is 11.4 Å². The molecule has 110 valence electrons. The third-order valence-electron chi connectivity index (χ3n) is 3.77. The lowest BCUT2D eigenvalue weighted by atomic mass is 9.83. The third kappa shape index (κ3) is 6.57. The van der Waals surface area contributed by atoms with Gasteiger partial charge in [0.1, 0.15) is 0 Å². The minimum Gasteiger partial charge on any atom is -0.370 e. The van der Waals surface area contributed by atoms with Crippen LogP contribution in [0.2, 0.25) is 0 Å². The lowest BCUT2D eigenvalue weighted by Gasteiger charge is -2.27. The van der Waals surface area contributed by atoms with Crippen LogP contribution in [0.3, 0.4) is 0 Å². The Morgan fingerprint density at radius 2 is 1.79 bits per heavy atom. The number of carbonyl (C=O) groups is 2. The molecule has 0 heterocycles. The van der Waals surface area contributed by atoms with E-state index in [9.17, 15) is 9.59 Å². The van der Waals surface area contributed by atoms with Crippen LogP contribution in [0.5, 0.6) is 0 Å². The smallest absolute Gasteiger partial charge is 0.220 e. The molecule has 1 aliphatic rings. The lowest BCUT2D eigenvalue weighted by molar-refractivity contribution is -0.124. The molecule has 1 fully saturated rings. The van der Waals surface area contributed by atoms with Crippen molar-refractivity contribution in [3.05, 3.63) is 0 Å². The Bertz CT molecular complexity index is 321. The van der Waals surface area contributed by atoms with Gasteiger partial charge in [-0.3, -0.25) is 9.59 Å². The van der Waals surface area contributed by atoms with Crippen molar-refractivity contribution in [3.63, 3.8) is 0 Å². The Labute approximate surface area is 115 Å². The summed E-state index contributed by atoms with van der Waals surface area (Å²) >= 11 is 0. The molecule has 0 aromatic rings. The zero-order chi connectivity index (χ0) is 14.5. The standard InChI is InChI=1S/C14H27N3O2/c1-14(2,9-12(16)18)17-13(19)8-5-10-3-6-11(15)7-4-10/h10-11H,3-9,15H2,1-2H3,(H2,16,18)(H,17,19). The molecular formula is C14H27N3O2. The van der Waals surface area contributed by atoms with Gasteiger partial charge < -0.3 is 16.8 Å². The van der Waals surface area contributed by atoms with Gasteiger partial charge in [0, 0.05) is 24.4 Å². The summed E-state index contributed by atoms with van der Waals surface area (Å²) in [4.78, 5) is 22.8. The molecule has 0 bridgehead atoms. The van der Waals surface area contributed by atoms with Gasteiger partial charge in [0.2, 0.25) is 11.8 Å². The highest BCUT2D eigenvalue weighted by atomic mass is 16.2. The van der Waals surface area contributed by atoms with E-state index in [1.807, 2.05) is 13.8 Å². The summed E-state index contributed by atoms with van der Waals surface area (Å²) in [5, 5.41) is 2.87. The number of hydrogen-bond acceptors (Lipinski definition) is 3. The molecule has 5 nitrogen and oxygen atoms in total. The first kappa shape index (κ1) is 16.0. The van der Waals surface area contributed by atoms with Crippen LogP contribution in [0, 0.1) is 5.92 Å². The van der Waals surface area contributed by atoms with E-state index in [0.29, 0.717) is 18.4 Å². The van der Waals surface area contributed by atoms with Gasteiger partial charge >= 0.3 is 0 Å². The molecule has 1 saturated carbocycles. The second-order valence-electron chi connectivity index (χ2n) is 6.39. The molecule has 19 heavy (non-hydrogen) atoms. The van der Waals surface area contributed by atoms with Crippen molar-refractivity contribution in [2.75, 3.05) is 0 Å². The Morgan fingerprint density at radius 3 is 2.32 bits per heavy atom. The fraction of sp³-hybridized carbons (Fsp3) is 0.857. The molecule has 5 N–H and O–H groups in total. The summed E-state index contributed by atoms with van der Waals surface area (Å²) in [5.74, 6) is 0.220. The van der Waals surface area contributed by atoms with Crippen LogP contribution < -0.4 is 16.8 Å². The predicted octanol–water partition coefficient (Wildman–Crippen LogP) is 1.05. The quantitative estimate of drug-likeness (QED) is 0.672. The molecule has 0 radical (unpaired) electrons. The number of nitrogens with one attached hydrogen (secondary N) is 1. The summed E-state index contributed by atoms with van der Waals surface area (Å²) in [5.41, 5.74) is 10.5. The first-order valence-electron chi connectivity index (χ1n) is 7.13. The van der Waals surface area contributed by atoms with Crippen molar-refractivity contribution in [1.29, 1.82) is 0 Å². The normalized spacial score (nSPS) is 23.9. The average molecular weight is 269 g/mol. The van der Waals surface area contributed by atoms with Crippen molar-refractivity contribution in [2.24, 2.45) is 17.4 Å². The van der Waals surface area contributed by atoms with Crippen molar-refractivity contribution in [1.82, 2.24) is 5.32 Å². The van der Waals surface area contributed by atoms with Gasteiger partial charge in [-0.1, -0.05) is 0 Å². The van der Waals surface area contributed by atoms with E-state index in [-0.39, 0.29) is 12.3 Å². The Hall–Kier alpha value is -1.10. The monoisotopic (exact) mass is 269 g/mol. The molecule has 0 aliphatic heterocycles. The van der Waals surface area contributed by atoms with Crippen LogP contribution in [0.25, 0.3) is 0 Å². The molecule has 0 aromatic carbocycles. The van der Waals surface area contributed by atoms with E-state index in [2.05, 4.69) is 5.32 Å². The predicted molar refractivity (Wildman–Crippen MR) is 75.2 cm³/mol. The summed E-state index contributed by atoms with van der Waals surface area (Å²) < 4.78 is 0. The van der Waals surface area contributed by atoms with Gasteiger partial charge in [-0.05, 0) is 51.9 Å². The van der Waals surface area contributed by atoms with Crippen molar-refractivity contribution < 1.29 is 9.59 Å². The maximum Gasteiger partial charge on any atom is 0.220 e. The second kappa shape index (κ2) is 6.89. The maximum atomic E-state index is 11.9. The highest BCUT2D eigenvalue weighted by Gasteiger charge is 2.24. The van der Waals surface area contributed by atoms with Crippen LogP contribution in [0.15, 0.2) is 0 Å². The first-order valence-corrected chi connectivity index (χ1v) is 7.13. The molecule has 0 aromatic heterocycles. The van der Waals surface area contributed by atoms with E-state index in [1.165, 1.54) is 0 Å². The SMILES string of the molecule is CC(C)(CC(N)=O)NC(=O)CCC1CCC(N)CC1. The topological polar surface area (TPSA) is 98.2 Å². The van der Waals surface area contributed by atoms with Crippen LogP contribution >= 0.6 is 0 Å². The summed E-state index contributed by atoms with van der Waals surface area (Å²) in [6.45, 7) is 3.63. The highest BCUT2D eigenvalue weighted by molar-refractivity contribution is 5.79. The number of nitrogens with two attached hydrogens (primary N) is 2. The molecule has 0 spiro atoms. The van der Waals surface area contributed by atoms with Gasteiger partial charge in [-0.2, -0.15) is 0 Å². The van der Waals surface area contributed by atoms with Crippen LogP contribution in [-0.4, -0.2) is 23.4 Å². The molecule has 5 heteroatoms. The molecule has 0 unspecified atom stereocenters. The zero-order valence-electron chi connectivity index (χ0n) is 12.1. The molecule has 1 aliphatic carbocycles. The van der Waals surface area contributed by atoms with Crippen molar-refractivity contribution in [2.45, 2.75) is 70.4 Å². The number of primary amides is 1. The summed E-state index contributed by atoms with van der Waals surface area (Å²) in [7, 11) is 0. The van der Waals surface area contributed by atoms with E-state index >= 15 is 0 Å². The van der Waals surface area contributed by atoms with E-state index in [0.717, 1.165) is 32.1 Å². The lowest BCUT2D eigenvalue weighted by Crippen LogP contribution is -2.46. The molecule has 0 saturated heterocycles. The van der Waals surface area contributed by atoms with Gasteiger partial charge in [-0.15, -0.1) is 0 Å². The average Bonchev–Trinajstić information content (AvgIpc) is 2.25. The Morgan fingerprint density at radius 1 is 1.21 bits per heavy atom. The minimum atomic E-state index is -0.558. The molecule has 2 amide bonds. The third-order valence-corrected chi connectivity index (χ3v) is 3.77. The van der Waals surface area contributed by atoms with Crippen LogP contribution in [0.1, 0.15) is 58.8 Å². The number of hydrogen-bond donors (Lipinski definition) is 3. The van der Waals surface area contributed by atoms with Crippen molar-refractivity contribution >= 4 is 11.8 Å². The Balaban J connectivity index is 2.26. The van der Waals surface area contributed by atoms with Gasteiger partial charge in [0.05, 0.1) is 0 Å². The largest absolute Gasteiger partial charge is 0.370 e. The zero-order valence-corrected chi connectivity index (χ0v) is 12.1. The second-order valence-corrected chi connectivity index (χ2v) is 6.39.